The van der Waals surface area contributed by atoms with Crippen LogP contribution in [0.3, 0.4) is 0 Å². The summed E-state index contributed by atoms with van der Waals surface area (Å²) in [5.74, 6) is -0.539. The number of alkyl halides is 1. The highest BCUT2D eigenvalue weighted by molar-refractivity contribution is 5.34. The van der Waals surface area contributed by atoms with E-state index >= 15 is 0 Å². The number of phenolic OH excluding ortho intramolecular Hbond substituents is 1. The van der Waals surface area contributed by atoms with Crippen LogP contribution in [-0.4, -0.2) is 18.3 Å². The standard InChI is InChI=1S/C11H15F2NO/c1-8(14-6-2-5-12)10-4-3-9(13)7-11(10)15/h3-4,7-8,14-15H,2,5-6H2,1H3. The Morgan fingerprint density at radius 3 is 2.80 bits per heavy atom. The zero-order chi connectivity index (χ0) is 11.3. The molecule has 1 aromatic rings. The Bertz CT molecular complexity index is 317. The van der Waals surface area contributed by atoms with Crippen LogP contribution in [-0.2, 0) is 0 Å². The van der Waals surface area contributed by atoms with E-state index in [1.54, 1.807) is 0 Å². The van der Waals surface area contributed by atoms with Crippen LogP contribution < -0.4 is 5.32 Å². The molecule has 0 spiro atoms. The van der Waals surface area contributed by atoms with Gasteiger partial charge in [0, 0.05) is 17.7 Å². The number of phenols is 1. The number of benzene rings is 1. The normalized spacial score (nSPS) is 12.7. The van der Waals surface area contributed by atoms with Crippen molar-refractivity contribution in [2.75, 3.05) is 13.2 Å². The molecular weight excluding hydrogens is 200 g/mol. The minimum Gasteiger partial charge on any atom is -0.508 e. The van der Waals surface area contributed by atoms with Crippen molar-refractivity contribution in [3.05, 3.63) is 29.6 Å². The molecule has 0 aliphatic rings. The van der Waals surface area contributed by atoms with Crippen molar-refractivity contribution < 1.29 is 13.9 Å². The third-order valence-electron chi connectivity index (χ3n) is 2.22. The highest BCUT2D eigenvalue weighted by atomic mass is 19.1. The van der Waals surface area contributed by atoms with Gasteiger partial charge in [-0.25, -0.2) is 4.39 Å². The number of rotatable bonds is 5. The van der Waals surface area contributed by atoms with Gasteiger partial charge in [-0.15, -0.1) is 0 Å². The SMILES string of the molecule is CC(NCCCF)c1ccc(F)cc1O. The smallest absolute Gasteiger partial charge is 0.126 e. The third kappa shape index (κ3) is 3.47. The summed E-state index contributed by atoms with van der Waals surface area (Å²) in [6.45, 7) is 2.01. The zero-order valence-electron chi connectivity index (χ0n) is 8.63. The Labute approximate surface area is 87.9 Å². The minimum atomic E-state index is -0.466. The number of nitrogens with one attached hydrogen (secondary N) is 1. The van der Waals surface area contributed by atoms with Gasteiger partial charge in [0.1, 0.15) is 11.6 Å². The van der Waals surface area contributed by atoms with Gasteiger partial charge in [-0.3, -0.25) is 4.39 Å². The Morgan fingerprint density at radius 1 is 1.47 bits per heavy atom. The van der Waals surface area contributed by atoms with Crippen LogP contribution in [0.1, 0.15) is 24.9 Å². The molecule has 0 heterocycles. The summed E-state index contributed by atoms with van der Waals surface area (Å²) in [7, 11) is 0. The highest BCUT2D eigenvalue weighted by Gasteiger charge is 2.09. The topological polar surface area (TPSA) is 32.3 Å². The Hall–Kier alpha value is -1.16. The summed E-state index contributed by atoms with van der Waals surface area (Å²) in [6.07, 6.45) is 0.437. The quantitative estimate of drug-likeness (QED) is 0.740. The van der Waals surface area contributed by atoms with Gasteiger partial charge >= 0.3 is 0 Å². The number of hydrogen-bond donors (Lipinski definition) is 2. The lowest BCUT2D eigenvalue weighted by Gasteiger charge is -2.14. The van der Waals surface area contributed by atoms with E-state index < -0.39 is 5.82 Å². The molecular formula is C11H15F2NO. The summed E-state index contributed by atoms with van der Waals surface area (Å²) in [6, 6.07) is 3.78. The van der Waals surface area contributed by atoms with Gasteiger partial charge in [-0.1, -0.05) is 6.07 Å². The molecule has 0 amide bonds. The molecule has 15 heavy (non-hydrogen) atoms. The maximum absolute atomic E-state index is 12.7. The first kappa shape index (κ1) is 11.9. The number of aromatic hydroxyl groups is 1. The van der Waals surface area contributed by atoms with E-state index in [0.29, 0.717) is 18.5 Å². The van der Waals surface area contributed by atoms with Crippen LogP contribution in [0.4, 0.5) is 8.78 Å². The average molecular weight is 215 g/mol. The van der Waals surface area contributed by atoms with Gasteiger partial charge in [-0.05, 0) is 26.0 Å². The zero-order valence-corrected chi connectivity index (χ0v) is 8.63. The Morgan fingerprint density at radius 2 is 2.20 bits per heavy atom. The first-order valence-corrected chi connectivity index (χ1v) is 4.93. The summed E-state index contributed by atoms with van der Waals surface area (Å²) < 4.78 is 24.5. The lowest BCUT2D eigenvalue weighted by Crippen LogP contribution is -2.20. The van der Waals surface area contributed by atoms with Crippen molar-refractivity contribution in [3.63, 3.8) is 0 Å². The van der Waals surface area contributed by atoms with E-state index in [-0.39, 0.29) is 18.5 Å². The van der Waals surface area contributed by atoms with E-state index in [4.69, 9.17) is 0 Å². The molecule has 0 radical (unpaired) electrons. The van der Waals surface area contributed by atoms with E-state index in [9.17, 15) is 13.9 Å². The number of hydrogen-bond acceptors (Lipinski definition) is 2. The van der Waals surface area contributed by atoms with E-state index in [1.165, 1.54) is 12.1 Å². The van der Waals surface area contributed by atoms with Gasteiger partial charge in [0.25, 0.3) is 0 Å². The predicted octanol–water partition coefficient (Wildman–Crippen LogP) is 2.54. The lowest BCUT2D eigenvalue weighted by molar-refractivity contribution is 0.429. The molecule has 1 unspecified atom stereocenters. The van der Waals surface area contributed by atoms with E-state index in [2.05, 4.69) is 5.32 Å². The molecule has 2 N–H and O–H groups in total. The second-order valence-corrected chi connectivity index (χ2v) is 3.42. The molecule has 0 bridgehead atoms. The van der Waals surface area contributed by atoms with Crippen LogP contribution in [0.15, 0.2) is 18.2 Å². The van der Waals surface area contributed by atoms with Crippen molar-refractivity contribution in [1.29, 1.82) is 0 Å². The van der Waals surface area contributed by atoms with Crippen LogP contribution in [0.2, 0.25) is 0 Å². The predicted molar refractivity (Wildman–Crippen MR) is 55.1 cm³/mol. The van der Waals surface area contributed by atoms with Crippen molar-refractivity contribution in [3.8, 4) is 5.75 Å². The summed E-state index contributed by atoms with van der Waals surface area (Å²) in [4.78, 5) is 0. The molecule has 0 aliphatic carbocycles. The van der Waals surface area contributed by atoms with Crippen molar-refractivity contribution in [2.45, 2.75) is 19.4 Å². The maximum Gasteiger partial charge on any atom is 0.126 e. The lowest BCUT2D eigenvalue weighted by atomic mass is 10.1. The van der Waals surface area contributed by atoms with Crippen LogP contribution in [0, 0.1) is 5.82 Å². The van der Waals surface area contributed by atoms with Crippen molar-refractivity contribution in [2.24, 2.45) is 0 Å². The first-order chi connectivity index (χ1) is 7.15. The third-order valence-corrected chi connectivity index (χ3v) is 2.22. The second kappa shape index (κ2) is 5.66. The summed E-state index contributed by atoms with van der Waals surface area (Å²) in [5, 5.41) is 12.5. The minimum absolute atomic E-state index is 0.0738. The maximum atomic E-state index is 12.7. The van der Waals surface area contributed by atoms with Crippen LogP contribution >= 0.6 is 0 Å². The molecule has 1 atom stereocenters. The molecule has 0 aromatic heterocycles. The largest absolute Gasteiger partial charge is 0.508 e. The fraction of sp³-hybridized carbons (Fsp3) is 0.455. The van der Waals surface area contributed by atoms with E-state index in [1.807, 2.05) is 6.92 Å². The van der Waals surface area contributed by atoms with Crippen LogP contribution in [0.25, 0.3) is 0 Å². The van der Waals surface area contributed by atoms with E-state index in [0.717, 1.165) is 6.07 Å². The molecule has 4 heteroatoms. The molecule has 1 rings (SSSR count). The molecule has 0 fully saturated rings. The van der Waals surface area contributed by atoms with Crippen molar-refractivity contribution in [1.82, 2.24) is 5.32 Å². The van der Waals surface area contributed by atoms with Gasteiger partial charge in [0.15, 0.2) is 0 Å². The fourth-order valence-corrected chi connectivity index (χ4v) is 1.38. The Kier molecular flexibility index (Phi) is 4.49. The van der Waals surface area contributed by atoms with Crippen LogP contribution in [0.5, 0.6) is 5.75 Å². The van der Waals surface area contributed by atoms with Gasteiger partial charge in [0.2, 0.25) is 0 Å². The van der Waals surface area contributed by atoms with Crippen molar-refractivity contribution >= 4 is 0 Å². The second-order valence-electron chi connectivity index (χ2n) is 3.42. The Balaban J connectivity index is 2.61. The summed E-state index contributed by atoms with van der Waals surface area (Å²) in [5.41, 5.74) is 0.621. The molecule has 0 saturated heterocycles. The molecule has 0 saturated carbocycles. The first-order valence-electron chi connectivity index (χ1n) is 4.93. The van der Waals surface area contributed by atoms with Gasteiger partial charge in [0.05, 0.1) is 6.67 Å². The summed E-state index contributed by atoms with van der Waals surface area (Å²) >= 11 is 0. The average Bonchev–Trinajstić information content (AvgIpc) is 2.17. The number of halogens is 2. The highest BCUT2D eigenvalue weighted by Crippen LogP contribution is 2.24. The molecule has 2 nitrogen and oxygen atoms in total. The molecule has 84 valence electrons. The van der Waals surface area contributed by atoms with Gasteiger partial charge in [-0.2, -0.15) is 0 Å². The fourth-order valence-electron chi connectivity index (χ4n) is 1.38. The molecule has 0 aliphatic heterocycles. The monoisotopic (exact) mass is 215 g/mol. The van der Waals surface area contributed by atoms with Gasteiger partial charge < -0.3 is 10.4 Å². The molecule has 1 aromatic carbocycles.